The molecule has 2 aromatic carbocycles. The fourth-order valence-corrected chi connectivity index (χ4v) is 3.47. The number of carbonyl (C=O) groups excluding carboxylic acids is 1. The second kappa shape index (κ2) is 6.11. The van der Waals surface area contributed by atoms with Gasteiger partial charge in [-0.05, 0) is 49.1 Å². The van der Waals surface area contributed by atoms with Crippen LogP contribution in [0.5, 0.6) is 0 Å². The van der Waals surface area contributed by atoms with E-state index in [-0.39, 0.29) is 11.9 Å². The average molecular weight is 319 g/mol. The number of aryl methyl sites for hydroxylation is 1. The third-order valence-electron chi connectivity index (χ3n) is 4.85. The number of para-hydroxylation sites is 2. The Morgan fingerprint density at radius 3 is 2.75 bits per heavy atom. The summed E-state index contributed by atoms with van der Waals surface area (Å²) < 4.78 is 0. The van der Waals surface area contributed by atoms with Crippen molar-refractivity contribution in [1.29, 1.82) is 0 Å². The summed E-state index contributed by atoms with van der Waals surface area (Å²) in [7, 11) is 0. The molecule has 1 unspecified atom stereocenters. The summed E-state index contributed by atoms with van der Waals surface area (Å²) in [6.45, 7) is 2.91. The minimum atomic E-state index is 0.0377. The zero-order chi connectivity index (χ0) is 16.5. The molecule has 1 N–H and O–H groups in total. The van der Waals surface area contributed by atoms with Crippen molar-refractivity contribution in [3.8, 4) is 0 Å². The molecular weight excluding hydrogens is 298 g/mol. The van der Waals surface area contributed by atoms with Crippen LogP contribution < -0.4 is 0 Å². The highest BCUT2D eigenvalue weighted by Crippen LogP contribution is 2.32. The maximum Gasteiger partial charge on any atom is 0.254 e. The van der Waals surface area contributed by atoms with Crippen LogP contribution in [0.2, 0.25) is 0 Å². The highest BCUT2D eigenvalue weighted by atomic mass is 16.2. The van der Waals surface area contributed by atoms with Gasteiger partial charge in [0.2, 0.25) is 0 Å². The molecule has 1 atom stereocenters. The molecular formula is C20H21N3O. The van der Waals surface area contributed by atoms with Crippen LogP contribution in [0, 0.1) is 0 Å². The van der Waals surface area contributed by atoms with Gasteiger partial charge in [0.05, 0.1) is 17.1 Å². The molecule has 24 heavy (non-hydrogen) atoms. The number of aromatic amines is 1. The second-order valence-corrected chi connectivity index (χ2v) is 6.35. The molecule has 3 aromatic rings. The van der Waals surface area contributed by atoms with E-state index in [4.69, 9.17) is 4.98 Å². The van der Waals surface area contributed by atoms with Gasteiger partial charge in [-0.3, -0.25) is 4.79 Å². The van der Waals surface area contributed by atoms with E-state index >= 15 is 0 Å². The van der Waals surface area contributed by atoms with Crippen LogP contribution in [0.25, 0.3) is 11.0 Å². The van der Waals surface area contributed by atoms with E-state index in [1.165, 1.54) is 5.56 Å². The molecule has 1 aliphatic rings. The van der Waals surface area contributed by atoms with Gasteiger partial charge in [-0.1, -0.05) is 31.2 Å². The lowest BCUT2D eigenvalue weighted by molar-refractivity contribution is 0.0730. The van der Waals surface area contributed by atoms with Crippen LogP contribution in [0.1, 0.15) is 47.6 Å². The molecule has 4 heteroatoms. The number of carbonyl (C=O) groups is 1. The Balaban J connectivity index is 1.62. The number of fused-ring (bicyclic) bond motifs is 1. The number of hydrogen-bond acceptors (Lipinski definition) is 2. The summed E-state index contributed by atoms with van der Waals surface area (Å²) >= 11 is 0. The minimum Gasteiger partial charge on any atom is -0.340 e. The Hall–Kier alpha value is -2.62. The Labute approximate surface area is 141 Å². The lowest BCUT2D eigenvalue weighted by Crippen LogP contribution is -2.31. The fraction of sp³-hybridized carbons (Fsp3) is 0.300. The first-order valence-corrected chi connectivity index (χ1v) is 8.61. The normalized spacial score (nSPS) is 17.5. The van der Waals surface area contributed by atoms with Gasteiger partial charge in [0.15, 0.2) is 0 Å². The van der Waals surface area contributed by atoms with Crippen molar-refractivity contribution in [1.82, 2.24) is 14.9 Å². The van der Waals surface area contributed by atoms with E-state index in [9.17, 15) is 4.79 Å². The van der Waals surface area contributed by atoms with Crippen molar-refractivity contribution in [2.45, 2.75) is 32.2 Å². The molecule has 0 radical (unpaired) electrons. The zero-order valence-corrected chi connectivity index (χ0v) is 13.8. The number of amides is 1. The van der Waals surface area contributed by atoms with E-state index in [0.29, 0.717) is 0 Å². The summed E-state index contributed by atoms with van der Waals surface area (Å²) in [5, 5.41) is 0. The third-order valence-corrected chi connectivity index (χ3v) is 4.85. The lowest BCUT2D eigenvalue weighted by Gasteiger charge is -2.23. The maximum atomic E-state index is 12.9. The van der Waals surface area contributed by atoms with E-state index in [1.807, 2.05) is 53.4 Å². The standard InChI is InChI=1S/C20H21N3O/c1-2-14-9-11-15(12-10-14)20(24)23-13-5-8-18(23)19-21-16-6-3-4-7-17(16)22-19/h3-4,6-7,9-12,18H,2,5,8,13H2,1H3,(H,21,22). The van der Waals surface area contributed by atoms with Gasteiger partial charge in [-0.25, -0.2) is 4.98 Å². The summed E-state index contributed by atoms with van der Waals surface area (Å²) in [4.78, 5) is 23.0. The highest BCUT2D eigenvalue weighted by Gasteiger charge is 2.32. The van der Waals surface area contributed by atoms with Crippen LogP contribution in [0.4, 0.5) is 0 Å². The smallest absolute Gasteiger partial charge is 0.254 e. The quantitative estimate of drug-likeness (QED) is 0.790. The first kappa shape index (κ1) is 14.9. The van der Waals surface area contributed by atoms with E-state index in [0.717, 1.165) is 48.2 Å². The number of benzene rings is 2. The first-order chi connectivity index (χ1) is 11.8. The van der Waals surface area contributed by atoms with E-state index in [2.05, 4.69) is 11.9 Å². The Bertz CT molecular complexity index is 833. The van der Waals surface area contributed by atoms with Crippen LogP contribution >= 0.6 is 0 Å². The number of nitrogens with one attached hydrogen (secondary N) is 1. The topological polar surface area (TPSA) is 49.0 Å². The van der Waals surface area contributed by atoms with Crippen molar-refractivity contribution in [2.24, 2.45) is 0 Å². The Morgan fingerprint density at radius 2 is 2.00 bits per heavy atom. The van der Waals surface area contributed by atoms with Gasteiger partial charge < -0.3 is 9.88 Å². The van der Waals surface area contributed by atoms with Gasteiger partial charge in [-0.2, -0.15) is 0 Å². The average Bonchev–Trinajstić information content (AvgIpc) is 3.27. The molecule has 122 valence electrons. The Kier molecular flexibility index (Phi) is 3.81. The van der Waals surface area contributed by atoms with Crippen LogP contribution in [-0.4, -0.2) is 27.3 Å². The monoisotopic (exact) mass is 319 g/mol. The number of hydrogen-bond donors (Lipinski definition) is 1. The molecule has 1 aliphatic heterocycles. The number of imidazole rings is 1. The molecule has 0 aliphatic carbocycles. The molecule has 0 bridgehead atoms. The van der Waals surface area contributed by atoms with Gasteiger partial charge in [0.1, 0.15) is 5.82 Å². The van der Waals surface area contributed by atoms with Crippen LogP contribution in [0.15, 0.2) is 48.5 Å². The summed E-state index contributed by atoms with van der Waals surface area (Å²) in [6.07, 6.45) is 2.96. The number of likely N-dealkylation sites (tertiary alicyclic amines) is 1. The summed E-state index contributed by atoms with van der Waals surface area (Å²) in [5.41, 5.74) is 4.00. The van der Waals surface area contributed by atoms with Crippen molar-refractivity contribution in [3.05, 3.63) is 65.5 Å². The number of aromatic nitrogens is 2. The predicted octanol–water partition coefficient (Wildman–Crippen LogP) is 4.10. The van der Waals surface area contributed by atoms with Crippen molar-refractivity contribution in [2.75, 3.05) is 6.54 Å². The number of nitrogens with zero attached hydrogens (tertiary/aromatic N) is 2. The first-order valence-electron chi connectivity index (χ1n) is 8.61. The van der Waals surface area contributed by atoms with Gasteiger partial charge >= 0.3 is 0 Å². The highest BCUT2D eigenvalue weighted by molar-refractivity contribution is 5.94. The maximum absolute atomic E-state index is 12.9. The SMILES string of the molecule is CCc1ccc(C(=O)N2CCCC2c2nc3ccccc3[nH]2)cc1. The minimum absolute atomic E-state index is 0.0377. The van der Waals surface area contributed by atoms with E-state index in [1.54, 1.807) is 0 Å². The molecule has 1 aromatic heterocycles. The zero-order valence-electron chi connectivity index (χ0n) is 13.8. The van der Waals surface area contributed by atoms with Crippen LogP contribution in [0.3, 0.4) is 0 Å². The molecule has 4 nitrogen and oxygen atoms in total. The van der Waals surface area contributed by atoms with Crippen LogP contribution in [-0.2, 0) is 6.42 Å². The predicted molar refractivity (Wildman–Crippen MR) is 94.9 cm³/mol. The number of H-pyrrole nitrogens is 1. The van der Waals surface area contributed by atoms with Crippen molar-refractivity contribution >= 4 is 16.9 Å². The van der Waals surface area contributed by atoms with Crippen molar-refractivity contribution < 1.29 is 4.79 Å². The fourth-order valence-electron chi connectivity index (χ4n) is 3.47. The molecule has 0 spiro atoms. The Morgan fingerprint density at radius 1 is 1.21 bits per heavy atom. The third kappa shape index (κ3) is 2.58. The molecule has 2 heterocycles. The molecule has 1 saturated heterocycles. The second-order valence-electron chi connectivity index (χ2n) is 6.35. The van der Waals surface area contributed by atoms with Gasteiger partial charge in [0.25, 0.3) is 5.91 Å². The molecule has 1 amide bonds. The van der Waals surface area contributed by atoms with E-state index < -0.39 is 0 Å². The van der Waals surface area contributed by atoms with Crippen molar-refractivity contribution in [3.63, 3.8) is 0 Å². The van der Waals surface area contributed by atoms with Gasteiger partial charge in [-0.15, -0.1) is 0 Å². The summed E-state index contributed by atoms with van der Waals surface area (Å²) in [5.74, 6) is 0.993. The molecule has 4 rings (SSSR count). The van der Waals surface area contributed by atoms with Gasteiger partial charge in [0, 0.05) is 12.1 Å². The lowest BCUT2D eigenvalue weighted by atomic mass is 10.1. The molecule has 0 saturated carbocycles. The largest absolute Gasteiger partial charge is 0.340 e. The summed E-state index contributed by atoms with van der Waals surface area (Å²) in [6, 6.07) is 16.0. The number of rotatable bonds is 3. The molecule has 1 fully saturated rings.